The Morgan fingerprint density at radius 3 is 2.36 bits per heavy atom. The van der Waals surface area contributed by atoms with Gasteiger partial charge in [0.05, 0.1) is 6.07 Å². The van der Waals surface area contributed by atoms with Gasteiger partial charge in [0.1, 0.15) is 5.92 Å². The fraction of sp³-hybridized carbons (Fsp3) is 0.818. The minimum absolute atomic E-state index is 0.485. The van der Waals surface area contributed by atoms with Gasteiger partial charge in [0, 0.05) is 0 Å². The average molecular weight is 196 g/mol. The van der Waals surface area contributed by atoms with Crippen LogP contribution in [0, 0.1) is 17.2 Å². The van der Waals surface area contributed by atoms with Gasteiger partial charge in [0.2, 0.25) is 5.91 Å². The number of unbranched alkanes of at least 4 members (excludes halogenated alkanes) is 5. The number of rotatable bonds is 8. The number of primary amides is 1. The quantitative estimate of drug-likeness (QED) is 0.605. The molecule has 3 heteroatoms. The van der Waals surface area contributed by atoms with E-state index in [4.69, 9.17) is 11.0 Å². The van der Waals surface area contributed by atoms with Crippen molar-refractivity contribution in [1.29, 1.82) is 5.26 Å². The van der Waals surface area contributed by atoms with Gasteiger partial charge in [-0.2, -0.15) is 5.26 Å². The molecule has 1 unspecified atom stereocenters. The van der Waals surface area contributed by atoms with Crippen LogP contribution in [0.5, 0.6) is 0 Å². The highest BCUT2D eigenvalue weighted by molar-refractivity contribution is 5.79. The van der Waals surface area contributed by atoms with Gasteiger partial charge >= 0.3 is 0 Å². The van der Waals surface area contributed by atoms with Crippen LogP contribution in [-0.2, 0) is 4.79 Å². The van der Waals surface area contributed by atoms with E-state index < -0.39 is 11.8 Å². The van der Waals surface area contributed by atoms with Crippen molar-refractivity contribution in [2.45, 2.75) is 51.9 Å². The summed E-state index contributed by atoms with van der Waals surface area (Å²) in [6, 6.07) is 1.93. The van der Waals surface area contributed by atoms with E-state index in [1.807, 2.05) is 6.07 Å². The molecule has 1 amide bonds. The number of amides is 1. The maximum atomic E-state index is 10.7. The second-order valence-electron chi connectivity index (χ2n) is 3.64. The monoisotopic (exact) mass is 196 g/mol. The zero-order chi connectivity index (χ0) is 10.8. The predicted octanol–water partition coefficient (Wildman–Crippen LogP) is 2.36. The Morgan fingerprint density at radius 2 is 1.86 bits per heavy atom. The van der Waals surface area contributed by atoms with Crippen LogP contribution in [0.4, 0.5) is 0 Å². The SMILES string of the molecule is CCCCCCCCC(C#N)C(N)=O. The zero-order valence-electron chi connectivity index (χ0n) is 8.96. The molecule has 1 atom stereocenters. The molecule has 0 aliphatic heterocycles. The van der Waals surface area contributed by atoms with Gasteiger partial charge in [0.25, 0.3) is 0 Å². The van der Waals surface area contributed by atoms with Crippen molar-refractivity contribution in [3.05, 3.63) is 0 Å². The van der Waals surface area contributed by atoms with Crippen molar-refractivity contribution in [2.75, 3.05) is 0 Å². The summed E-state index contributed by atoms with van der Waals surface area (Å²) >= 11 is 0. The minimum atomic E-state index is -0.582. The van der Waals surface area contributed by atoms with E-state index in [-0.39, 0.29) is 0 Å². The minimum Gasteiger partial charge on any atom is -0.369 e. The number of nitrogens with two attached hydrogens (primary N) is 1. The molecule has 0 aromatic heterocycles. The summed E-state index contributed by atoms with van der Waals surface area (Å²) < 4.78 is 0. The molecule has 0 heterocycles. The maximum Gasteiger partial charge on any atom is 0.234 e. The van der Waals surface area contributed by atoms with Crippen LogP contribution in [0.15, 0.2) is 0 Å². The standard InChI is InChI=1S/C11H20N2O/c1-2-3-4-5-6-7-8-10(9-12)11(13)14/h10H,2-8H2,1H3,(H2,13,14). The summed E-state index contributed by atoms with van der Waals surface area (Å²) in [5.41, 5.74) is 5.05. The third-order valence-electron chi connectivity index (χ3n) is 2.35. The third kappa shape index (κ3) is 6.47. The highest BCUT2D eigenvalue weighted by atomic mass is 16.1. The molecule has 0 rings (SSSR count). The summed E-state index contributed by atoms with van der Waals surface area (Å²) in [6.07, 6.45) is 7.63. The lowest BCUT2D eigenvalue weighted by Gasteiger charge is -2.03. The van der Waals surface area contributed by atoms with Crippen LogP contribution in [0.1, 0.15) is 51.9 Å². The van der Waals surface area contributed by atoms with Crippen molar-refractivity contribution in [3.63, 3.8) is 0 Å². The lowest BCUT2D eigenvalue weighted by Crippen LogP contribution is -2.21. The summed E-state index contributed by atoms with van der Waals surface area (Å²) in [6.45, 7) is 2.18. The van der Waals surface area contributed by atoms with E-state index in [0.717, 1.165) is 12.8 Å². The first-order valence-corrected chi connectivity index (χ1v) is 5.41. The van der Waals surface area contributed by atoms with Crippen molar-refractivity contribution in [3.8, 4) is 6.07 Å². The maximum absolute atomic E-state index is 10.7. The van der Waals surface area contributed by atoms with Crippen LogP contribution in [0.2, 0.25) is 0 Å². The van der Waals surface area contributed by atoms with Crippen LogP contribution in [0.3, 0.4) is 0 Å². The fourth-order valence-electron chi connectivity index (χ4n) is 1.40. The molecule has 0 aliphatic carbocycles. The molecule has 0 bridgehead atoms. The molecule has 0 radical (unpaired) electrons. The van der Waals surface area contributed by atoms with Crippen molar-refractivity contribution in [1.82, 2.24) is 0 Å². The Labute approximate surface area is 86.3 Å². The van der Waals surface area contributed by atoms with Crippen LogP contribution in [-0.4, -0.2) is 5.91 Å². The molecule has 2 N–H and O–H groups in total. The second-order valence-corrected chi connectivity index (χ2v) is 3.64. The normalized spacial score (nSPS) is 12.0. The second kappa shape index (κ2) is 8.55. The molecule has 0 aromatic carbocycles. The molecule has 14 heavy (non-hydrogen) atoms. The van der Waals surface area contributed by atoms with Crippen LogP contribution >= 0.6 is 0 Å². The van der Waals surface area contributed by atoms with Gasteiger partial charge in [0.15, 0.2) is 0 Å². The Hall–Kier alpha value is -1.04. The highest BCUT2D eigenvalue weighted by Crippen LogP contribution is 2.11. The van der Waals surface area contributed by atoms with Gasteiger partial charge in [-0.05, 0) is 6.42 Å². The van der Waals surface area contributed by atoms with Crippen molar-refractivity contribution < 1.29 is 4.79 Å². The largest absolute Gasteiger partial charge is 0.369 e. The number of hydrogen-bond acceptors (Lipinski definition) is 2. The number of carbonyl (C=O) groups excluding carboxylic acids is 1. The Bertz CT molecular complexity index is 196. The van der Waals surface area contributed by atoms with E-state index in [9.17, 15) is 4.79 Å². The molecule has 3 nitrogen and oxygen atoms in total. The van der Waals surface area contributed by atoms with E-state index >= 15 is 0 Å². The predicted molar refractivity (Wildman–Crippen MR) is 56.3 cm³/mol. The lowest BCUT2D eigenvalue weighted by atomic mass is 10.0. The van der Waals surface area contributed by atoms with Crippen LogP contribution in [0.25, 0.3) is 0 Å². The number of carbonyl (C=O) groups is 1. The smallest absolute Gasteiger partial charge is 0.234 e. The number of hydrogen-bond donors (Lipinski definition) is 1. The Kier molecular flexibility index (Phi) is 7.92. The number of nitrogens with zero attached hydrogens (tertiary/aromatic N) is 1. The van der Waals surface area contributed by atoms with Gasteiger partial charge in [-0.3, -0.25) is 4.79 Å². The van der Waals surface area contributed by atoms with E-state index in [2.05, 4.69) is 6.92 Å². The molecular formula is C11H20N2O. The summed E-state index contributed by atoms with van der Waals surface area (Å²) in [7, 11) is 0. The molecule has 0 spiro atoms. The highest BCUT2D eigenvalue weighted by Gasteiger charge is 2.12. The first-order valence-electron chi connectivity index (χ1n) is 5.41. The summed E-state index contributed by atoms with van der Waals surface area (Å²) in [4.78, 5) is 10.7. The molecule has 0 aromatic rings. The van der Waals surface area contributed by atoms with E-state index in [0.29, 0.717) is 6.42 Å². The van der Waals surface area contributed by atoms with Crippen molar-refractivity contribution in [2.24, 2.45) is 11.7 Å². The molecule has 0 saturated heterocycles. The molecule has 0 aliphatic rings. The molecular weight excluding hydrogens is 176 g/mol. The van der Waals surface area contributed by atoms with E-state index in [1.54, 1.807) is 0 Å². The third-order valence-corrected chi connectivity index (χ3v) is 2.35. The van der Waals surface area contributed by atoms with Crippen LogP contribution < -0.4 is 5.73 Å². The van der Waals surface area contributed by atoms with Crippen molar-refractivity contribution >= 4 is 5.91 Å². The molecule has 0 fully saturated rings. The van der Waals surface area contributed by atoms with Gasteiger partial charge < -0.3 is 5.73 Å². The first-order chi connectivity index (χ1) is 6.72. The Balaban J connectivity index is 3.35. The first kappa shape index (κ1) is 13.0. The molecule has 0 saturated carbocycles. The molecule has 80 valence electrons. The van der Waals surface area contributed by atoms with Gasteiger partial charge in [-0.15, -0.1) is 0 Å². The average Bonchev–Trinajstić information content (AvgIpc) is 2.16. The van der Waals surface area contributed by atoms with E-state index in [1.165, 1.54) is 25.7 Å². The summed E-state index contributed by atoms with van der Waals surface area (Å²) in [5, 5.41) is 8.59. The van der Waals surface area contributed by atoms with Gasteiger partial charge in [-0.1, -0.05) is 45.4 Å². The fourth-order valence-corrected chi connectivity index (χ4v) is 1.40. The topological polar surface area (TPSA) is 66.9 Å². The lowest BCUT2D eigenvalue weighted by molar-refractivity contribution is -0.120. The Morgan fingerprint density at radius 1 is 1.29 bits per heavy atom. The number of nitriles is 1. The zero-order valence-corrected chi connectivity index (χ0v) is 8.96. The summed E-state index contributed by atoms with van der Waals surface area (Å²) in [5.74, 6) is -1.07. The van der Waals surface area contributed by atoms with Gasteiger partial charge in [-0.25, -0.2) is 0 Å².